The predicted octanol–water partition coefficient (Wildman–Crippen LogP) is -0.0937. The van der Waals surface area contributed by atoms with Gasteiger partial charge < -0.3 is 10.6 Å². The molecule has 1 saturated heterocycles. The van der Waals surface area contributed by atoms with E-state index < -0.39 is 6.04 Å². The molecule has 3 rings (SSSR count). The first-order valence-electron chi connectivity index (χ1n) is 6.56. The number of nitrogens with zero attached hydrogens (tertiary/aromatic N) is 1. The molecule has 1 aromatic carbocycles. The van der Waals surface area contributed by atoms with Crippen molar-refractivity contribution in [3.63, 3.8) is 0 Å². The molecule has 0 bridgehead atoms. The van der Waals surface area contributed by atoms with Gasteiger partial charge in [-0.3, -0.25) is 19.7 Å². The predicted molar refractivity (Wildman–Crippen MR) is 70.4 cm³/mol. The summed E-state index contributed by atoms with van der Waals surface area (Å²) in [4.78, 5) is 37.0. The second kappa shape index (κ2) is 4.72. The molecule has 2 aliphatic heterocycles. The quantitative estimate of drug-likeness (QED) is 0.736. The fraction of sp³-hybridized carbons (Fsp3) is 0.357. The fourth-order valence-electron chi connectivity index (χ4n) is 2.73. The van der Waals surface area contributed by atoms with Gasteiger partial charge in [-0.15, -0.1) is 0 Å². The molecular formula is C14H15N3O3. The van der Waals surface area contributed by atoms with Crippen LogP contribution >= 0.6 is 0 Å². The van der Waals surface area contributed by atoms with Crippen LogP contribution in [0.2, 0.25) is 0 Å². The second-order valence-corrected chi connectivity index (χ2v) is 5.10. The summed E-state index contributed by atoms with van der Waals surface area (Å²) in [5.74, 6) is -0.827. The van der Waals surface area contributed by atoms with Gasteiger partial charge in [0.25, 0.3) is 5.91 Å². The monoisotopic (exact) mass is 273 g/mol. The maximum Gasteiger partial charge on any atom is 0.255 e. The molecule has 6 heteroatoms. The first kappa shape index (κ1) is 12.8. The Morgan fingerprint density at radius 3 is 2.80 bits per heavy atom. The van der Waals surface area contributed by atoms with Crippen LogP contribution in [0.25, 0.3) is 0 Å². The first-order valence-corrected chi connectivity index (χ1v) is 6.56. The van der Waals surface area contributed by atoms with Crippen LogP contribution in [-0.2, 0) is 22.7 Å². The van der Waals surface area contributed by atoms with Gasteiger partial charge in [0.1, 0.15) is 6.04 Å². The zero-order chi connectivity index (χ0) is 14.3. The van der Waals surface area contributed by atoms with E-state index in [4.69, 9.17) is 5.73 Å². The average Bonchev–Trinajstić information content (AvgIpc) is 2.76. The summed E-state index contributed by atoms with van der Waals surface area (Å²) in [6.45, 7) is 0.782. The molecule has 2 heterocycles. The molecule has 1 atom stereocenters. The summed E-state index contributed by atoms with van der Waals surface area (Å²) in [5, 5.41) is 2.28. The highest BCUT2D eigenvalue weighted by molar-refractivity contribution is 6.05. The van der Waals surface area contributed by atoms with Crippen LogP contribution in [0.5, 0.6) is 0 Å². The Bertz CT molecular complexity index is 612. The smallest absolute Gasteiger partial charge is 0.255 e. The van der Waals surface area contributed by atoms with Crippen molar-refractivity contribution in [2.24, 2.45) is 5.73 Å². The molecule has 0 saturated carbocycles. The maximum absolute atomic E-state index is 12.4. The number of carbonyl (C=O) groups is 3. The number of imide groups is 1. The molecule has 0 aromatic heterocycles. The van der Waals surface area contributed by atoms with Crippen molar-refractivity contribution >= 4 is 17.7 Å². The Kier molecular flexibility index (Phi) is 3.02. The van der Waals surface area contributed by atoms with Crippen molar-refractivity contribution in [2.45, 2.75) is 32.0 Å². The minimum absolute atomic E-state index is 0.162. The minimum atomic E-state index is -0.561. The van der Waals surface area contributed by atoms with E-state index in [1.807, 2.05) is 12.1 Å². The lowest BCUT2D eigenvalue weighted by Gasteiger charge is -2.29. The van der Waals surface area contributed by atoms with E-state index in [0.29, 0.717) is 25.1 Å². The minimum Gasteiger partial charge on any atom is -0.326 e. The van der Waals surface area contributed by atoms with Gasteiger partial charge in [0, 0.05) is 25.1 Å². The van der Waals surface area contributed by atoms with Gasteiger partial charge in [0.15, 0.2) is 0 Å². The molecule has 104 valence electrons. The number of hydrogen-bond acceptors (Lipinski definition) is 4. The van der Waals surface area contributed by atoms with Crippen LogP contribution in [0.3, 0.4) is 0 Å². The van der Waals surface area contributed by atoms with Crippen LogP contribution in [0.15, 0.2) is 18.2 Å². The van der Waals surface area contributed by atoms with Gasteiger partial charge in [-0.25, -0.2) is 0 Å². The molecular weight excluding hydrogens is 258 g/mol. The number of hydrogen-bond donors (Lipinski definition) is 2. The van der Waals surface area contributed by atoms with Gasteiger partial charge in [0.05, 0.1) is 0 Å². The largest absolute Gasteiger partial charge is 0.326 e. The zero-order valence-corrected chi connectivity index (χ0v) is 10.9. The zero-order valence-electron chi connectivity index (χ0n) is 10.9. The van der Waals surface area contributed by atoms with Crippen LogP contribution in [0, 0.1) is 0 Å². The normalized spacial score (nSPS) is 21.9. The van der Waals surface area contributed by atoms with Crippen molar-refractivity contribution in [1.82, 2.24) is 10.2 Å². The van der Waals surface area contributed by atoms with Gasteiger partial charge in [-0.1, -0.05) is 12.1 Å². The van der Waals surface area contributed by atoms with Crippen LogP contribution in [0.1, 0.15) is 34.3 Å². The van der Waals surface area contributed by atoms with Gasteiger partial charge >= 0.3 is 0 Å². The Morgan fingerprint density at radius 2 is 2.10 bits per heavy atom. The van der Waals surface area contributed by atoms with Crippen molar-refractivity contribution in [2.75, 3.05) is 0 Å². The highest BCUT2D eigenvalue weighted by Gasteiger charge is 2.38. The molecule has 3 amide bonds. The molecule has 1 fully saturated rings. The van der Waals surface area contributed by atoms with Crippen LogP contribution in [0.4, 0.5) is 0 Å². The highest BCUT2D eigenvalue weighted by Crippen LogP contribution is 2.28. The third kappa shape index (κ3) is 1.98. The Hall–Kier alpha value is -2.21. The third-order valence-electron chi connectivity index (χ3n) is 3.83. The van der Waals surface area contributed by atoms with Crippen LogP contribution in [-0.4, -0.2) is 28.7 Å². The molecule has 0 radical (unpaired) electrons. The second-order valence-electron chi connectivity index (χ2n) is 5.10. The molecule has 2 aliphatic rings. The molecule has 0 spiro atoms. The summed E-state index contributed by atoms with van der Waals surface area (Å²) in [7, 11) is 0. The Balaban J connectivity index is 1.86. The molecule has 3 N–H and O–H groups in total. The lowest BCUT2D eigenvalue weighted by Crippen LogP contribution is -2.52. The number of rotatable bonds is 2. The number of fused-ring (bicyclic) bond motifs is 1. The molecule has 1 aromatic rings. The number of nitrogens with one attached hydrogen (secondary N) is 1. The molecule has 20 heavy (non-hydrogen) atoms. The number of amides is 3. The number of nitrogens with two attached hydrogens (primary N) is 1. The Labute approximate surface area is 115 Å². The van der Waals surface area contributed by atoms with Gasteiger partial charge in [0.2, 0.25) is 11.8 Å². The van der Waals surface area contributed by atoms with Crippen molar-refractivity contribution < 1.29 is 14.4 Å². The van der Waals surface area contributed by atoms with Crippen molar-refractivity contribution in [1.29, 1.82) is 0 Å². The van der Waals surface area contributed by atoms with E-state index in [0.717, 1.165) is 11.1 Å². The molecule has 1 unspecified atom stereocenters. The summed E-state index contributed by atoms with van der Waals surface area (Å²) in [6, 6.07) is 4.99. The van der Waals surface area contributed by atoms with Gasteiger partial charge in [-0.05, 0) is 23.6 Å². The molecule has 0 aliphatic carbocycles. The lowest BCUT2D eigenvalue weighted by molar-refractivity contribution is -0.136. The summed E-state index contributed by atoms with van der Waals surface area (Å²) in [5.41, 5.74) is 7.98. The fourth-order valence-corrected chi connectivity index (χ4v) is 2.73. The lowest BCUT2D eigenvalue weighted by atomic mass is 10.0. The summed E-state index contributed by atoms with van der Waals surface area (Å²) >= 11 is 0. The van der Waals surface area contributed by atoms with Crippen molar-refractivity contribution in [3.05, 3.63) is 34.9 Å². The highest BCUT2D eigenvalue weighted by atomic mass is 16.2. The summed E-state index contributed by atoms with van der Waals surface area (Å²) < 4.78 is 0. The van der Waals surface area contributed by atoms with Crippen LogP contribution < -0.4 is 11.1 Å². The van der Waals surface area contributed by atoms with E-state index in [1.165, 1.54) is 4.90 Å². The first-order chi connectivity index (χ1) is 9.60. The number of piperidine rings is 1. The standard InChI is InChI=1S/C14H15N3O3/c15-6-8-1-2-9-7-17(14(20)10(9)5-8)11-3-4-12(18)16-13(11)19/h1-2,5,11H,3-4,6-7,15H2,(H,16,18,19). The third-order valence-corrected chi connectivity index (χ3v) is 3.83. The molecule has 6 nitrogen and oxygen atoms in total. The maximum atomic E-state index is 12.4. The Morgan fingerprint density at radius 1 is 1.30 bits per heavy atom. The van der Waals surface area contributed by atoms with E-state index in [9.17, 15) is 14.4 Å². The van der Waals surface area contributed by atoms with Gasteiger partial charge in [-0.2, -0.15) is 0 Å². The topological polar surface area (TPSA) is 92.5 Å². The van der Waals surface area contributed by atoms with E-state index in [-0.39, 0.29) is 24.1 Å². The summed E-state index contributed by atoms with van der Waals surface area (Å²) in [6.07, 6.45) is 0.652. The van der Waals surface area contributed by atoms with Crippen molar-refractivity contribution in [3.8, 4) is 0 Å². The SMILES string of the molecule is NCc1ccc2c(c1)C(=O)N(C1CCC(=O)NC1=O)C2. The number of carbonyl (C=O) groups excluding carboxylic acids is 3. The number of benzene rings is 1. The van der Waals surface area contributed by atoms with E-state index in [1.54, 1.807) is 6.07 Å². The average molecular weight is 273 g/mol. The van der Waals surface area contributed by atoms with E-state index in [2.05, 4.69) is 5.32 Å². The van der Waals surface area contributed by atoms with E-state index >= 15 is 0 Å².